The normalized spacial score (nSPS) is 19.0. The van der Waals surface area contributed by atoms with Crippen molar-refractivity contribution < 1.29 is 9.18 Å². The standard InChI is InChI=1S/C17H20FN3O/c1-17(2,3)21-10-11(8-15(21)22)16-19-9-14(20-16)12-6-4-5-7-13(12)18/h4-7,9,11H,8,10H2,1-3H3,(H,19,20)/t11-/m1/s1. The van der Waals surface area contributed by atoms with E-state index in [1.807, 2.05) is 25.7 Å². The lowest BCUT2D eigenvalue weighted by atomic mass is 10.1. The van der Waals surface area contributed by atoms with Gasteiger partial charge in [0.25, 0.3) is 0 Å². The first kappa shape index (κ1) is 14.8. The maximum Gasteiger partial charge on any atom is 0.223 e. The van der Waals surface area contributed by atoms with Crippen LogP contribution < -0.4 is 0 Å². The molecule has 1 aliphatic rings. The summed E-state index contributed by atoms with van der Waals surface area (Å²) >= 11 is 0. The number of aromatic amines is 1. The van der Waals surface area contributed by atoms with Crippen molar-refractivity contribution in [2.45, 2.75) is 38.6 Å². The number of nitrogens with zero attached hydrogens (tertiary/aromatic N) is 2. The summed E-state index contributed by atoms with van der Waals surface area (Å²) < 4.78 is 13.8. The number of nitrogens with one attached hydrogen (secondary N) is 1. The molecule has 0 aliphatic carbocycles. The molecule has 4 nitrogen and oxygen atoms in total. The summed E-state index contributed by atoms with van der Waals surface area (Å²) in [5.41, 5.74) is 0.959. The second kappa shape index (κ2) is 5.23. The Balaban J connectivity index is 1.84. The number of carbonyl (C=O) groups excluding carboxylic acids is 1. The zero-order valence-corrected chi connectivity index (χ0v) is 13.1. The lowest BCUT2D eigenvalue weighted by molar-refractivity contribution is -0.131. The van der Waals surface area contributed by atoms with E-state index in [9.17, 15) is 9.18 Å². The van der Waals surface area contributed by atoms with Gasteiger partial charge in [-0.2, -0.15) is 0 Å². The predicted octanol–water partition coefficient (Wildman–Crippen LogP) is 3.33. The van der Waals surface area contributed by atoms with Crippen LogP contribution in [0.15, 0.2) is 30.5 Å². The van der Waals surface area contributed by atoms with E-state index in [4.69, 9.17) is 0 Å². The molecule has 2 heterocycles. The molecule has 1 amide bonds. The maximum atomic E-state index is 13.8. The number of halogens is 1. The van der Waals surface area contributed by atoms with Gasteiger partial charge in [0.15, 0.2) is 0 Å². The Morgan fingerprint density at radius 2 is 2.05 bits per heavy atom. The van der Waals surface area contributed by atoms with Crippen molar-refractivity contribution in [3.63, 3.8) is 0 Å². The lowest BCUT2D eigenvalue weighted by Crippen LogP contribution is -2.42. The van der Waals surface area contributed by atoms with E-state index in [1.165, 1.54) is 6.07 Å². The van der Waals surface area contributed by atoms with Crippen molar-refractivity contribution in [3.05, 3.63) is 42.1 Å². The van der Waals surface area contributed by atoms with Gasteiger partial charge in [0.2, 0.25) is 5.91 Å². The summed E-state index contributed by atoms with van der Waals surface area (Å²) in [6.45, 7) is 6.73. The van der Waals surface area contributed by atoms with Gasteiger partial charge in [-0.15, -0.1) is 0 Å². The molecule has 5 heteroatoms. The van der Waals surface area contributed by atoms with Crippen LogP contribution >= 0.6 is 0 Å². The van der Waals surface area contributed by atoms with Crippen LogP contribution in [0.25, 0.3) is 11.3 Å². The quantitative estimate of drug-likeness (QED) is 0.925. The van der Waals surface area contributed by atoms with Crippen molar-refractivity contribution in [3.8, 4) is 11.3 Å². The van der Waals surface area contributed by atoms with Gasteiger partial charge in [-0.3, -0.25) is 4.79 Å². The van der Waals surface area contributed by atoms with Crippen molar-refractivity contribution in [1.82, 2.24) is 14.9 Å². The number of carbonyl (C=O) groups is 1. The van der Waals surface area contributed by atoms with E-state index in [1.54, 1.807) is 24.4 Å². The molecule has 1 aliphatic heterocycles. The Morgan fingerprint density at radius 1 is 1.32 bits per heavy atom. The summed E-state index contributed by atoms with van der Waals surface area (Å²) in [6.07, 6.45) is 2.08. The van der Waals surface area contributed by atoms with Crippen LogP contribution in [0.1, 0.15) is 38.9 Å². The monoisotopic (exact) mass is 301 g/mol. The minimum absolute atomic E-state index is 0.0345. The Bertz CT molecular complexity index is 702. The number of aromatic nitrogens is 2. The number of rotatable bonds is 2. The third-order valence-corrected chi connectivity index (χ3v) is 4.08. The first-order valence-corrected chi connectivity index (χ1v) is 7.46. The number of amides is 1. The molecule has 1 N–H and O–H groups in total. The van der Waals surface area contributed by atoms with Gasteiger partial charge in [-0.25, -0.2) is 9.37 Å². The molecule has 1 saturated heterocycles. The summed E-state index contributed by atoms with van der Waals surface area (Å²) in [7, 11) is 0. The third kappa shape index (κ3) is 2.63. The second-order valence-electron chi connectivity index (χ2n) is 6.74. The summed E-state index contributed by atoms with van der Waals surface area (Å²) in [5, 5.41) is 0. The maximum absolute atomic E-state index is 13.8. The van der Waals surface area contributed by atoms with E-state index in [-0.39, 0.29) is 23.2 Å². The summed E-state index contributed by atoms with van der Waals surface area (Å²) in [6, 6.07) is 6.59. The fraction of sp³-hybridized carbons (Fsp3) is 0.412. The Labute approximate surface area is 129 Å². The Hall–Kier alpha value is -2.17. The van der Waals surface area contributed by atoms with Gasteiger partial charge < -0.3 is 9.88 Å². The molecule has 1 fully saturated rings. The number of imidazole rings is 1. The number of hydrogen-bond acceptors (Lipinski definition) is 2. The highest BCUT2D eigenvalue weighted by atomic mass is 19.1. The number of H-pyrrole nitrogens is 1. The number of likely N-dealkylation sites (tertiary alicyclic amines) is 1. The van der Waals surface area contributed by atoms with E-state index in [2.05, 4.69) is 9.97 Å². The number of benzene rings is 1. The summed E-state index contributed by atoms with van der Waals surface area (Å²) in [5.74, 6) is 0.642. The van der Waals surface area contributed by atoms with Gasteiger partial charge >= 0.3 is 0 Å². The molecular weight excluding hydrogens is 281 g/mol. The Kier molecular flexibility index (Phi) is 3.51. The summed E-state index contributed by atoms with van der Waals surface area (Å²) in [4.78, 5) is 21.6. The first-order valence-electron chi connectivity index (χ1n) is 7.46. The molecule has 0 spiro atoms. The highest BCUT2D eigenvalue weighted by molar-refractivity contribution is 5.80. The van der Waals surface area contributed by atoms with E-state index < -0.39 is 0 Å². The molecule has 0 unspecified atom stereocenters. The molecule has 1 aromatic carbocycles. The fourth-order valence-electron chi connectivity index (χ4n) is 2.90. The van der Waals surface area contributed by atoms with Gasteiger partial charge in [0, 0.05) is 30.0 Å². The zero-order chi connectivity index (χ0) is 15.9. The minimum atomic E-state index is -0.281. The van der Waals surface area contributed by atoms with Gasteiger partial charge in [-0.1, -0.05) is 12.1 Å². The topological polar surface area (TPSA) is 49.0 Å². The van der Waals surface area contributed by atoms with Crippen LogP contribution in [0.4, 0.5) is 4.39 Å². The molecule has 0 saturated carbocycles. The molecule has 3 rings (SSSR count). The minimum Gasteiger partial charge on any atom is -0.342 e. The molecule has 1 aromatic heterocycles. The smallest absolute Gasteiger partial charge is 0.223 e. The predicted molar refractivity (Wildman–Crippen MR) is 82.8 cm³/mol. The average Bonchev–Trinajstić information content (AvgIpc) is 3.05. The highest BCUT2D eigenvalue weighted by Crippen LogP contribution is 2.32. The molecule has 1 atom stereocenters. The van der Waals surface area contributed by atoms with Crippen LogP contribution in [-0.4, -0.2) is 32.9 Å². The van der Waals surface area contributed by atoms with Crippen LogP contribution in [0.5, 0.6) is 0 Å². The molecule has 22 heavy (non-hydrogen) atoms. The molecule has 0 radical (unpaired) electrons. The van der Waals surface area contributed by atoms with E-state index >= 15 is 0 Å². The lowest BCUT2D eigenvalue weighted by Gasteiger charge is -2.31. The number of hydrogen-bond donors (Lipinski definition) is 1. The molecule has 0 bridgehead atoms. The largest absolute Gasteiger partial charge is 0.342 e. The van der Waals surface area contributed by atoms with E-state index in [0.717, 1.165) is 5.82 Å². The van der Waals surface area contributed by atoms with Crippen LogP contribution in [0.2, 0.25) is 0 Å². The zero-order valence-electron chi connectivity index (χ0n) is 13.1. The van der Waals surface area contributed by atoms with Gasteiger partial charge in [0.05, 0.1) is 11.9 Å². The average molecular weight is 301 g/mol. The van der Waals surface area contributed by atoms with Crippen LogP contribution in [0, 0.1) is 5.82 Å². The molecular formula is C17H20FN3O. The fourth-order valence-corrected chi connectivity index (χ4v) is 2.90. The molecule has 116 valence electrons. The van der Waals surface area contributed by atoms with Crippen molar-refractivity contribution in [1.29, 1.82) is 0 Å². The SMILES string of the molecule is CC(C)(C)N1C[C@H](c2ncc(-c3ccccc3F)[nH]2)CC1=O. The molecule has 2 aromatic rings. The van der Waals surface area contributed by atoms with Gasteiger partial charge in [0.1, 0.15) is 11.6 Å². The second-order valence-corrected chi connectivity index (χ2v) is 6.74. The van der Waals surface area contributed by atoms with Crippen LogP contribution in [0.3, 0.4) is 0 Å². The Morgan fingerprint density at radius 3 is 2.68 bits per heavy atom. The van der Waals surface area contributed by atoms with Crippen LogP contribution in [-0.2, 0) is 4.79 Å². The van der Waals surface area contributed by atoms with Crippen molar-refractivity contribution in [2.75, 3.05) is 6.54 Å². The van der Waals surface area contributed by atoms with Gasteiger partial charge in [-0.05, 0) is 32.9 Å². The van der Waals surface area contributed by atoms with Crippen molar-refractivity contribution >= 4 is 5.91 Å². The first-order chi connectivity index (χ1) is 10.4. The highest BCUT2D eigenvalue weighted by Gasteiger charge is 2.38. The van der Waals surface area contributed by atoms with Crippen molar-refractivity contribution in [2.24, 2.45) is 0 Å². The van der Waals surface area contributed by atoms with E-state index in [0.29, 0.717) is 24.2 Å². The third-order valence-electron chi connectivity index (χ3n) is 4.08.